The van der Waals surface area contributed by atoms with Crippen LogP contribution in [0.15, 0.2) is 12.1 Å². The Morgan fingerprint density at radius 2 is 1.89 bits per heavy atom. The highest BCUT2D eigenvalue weighted by molar-refractivity contribution is 6.33. The summed E-state index contributed by atoms with van der Waals surface area (Å²) in [7, 11) is 4.21. The van der Waals surface area contributed by atoms with Crippen molar-refractivity contribution in [1.82, 2.24) is 0 Å². The van der Waals surface area contributed by atoms with Crippen molar-refractivity contribution in [2.45, 2.75) is 6.04 Å². The van der Waals surface area contributed by atoms with Gasteiger partial charge >= 0.3 is 5.97 Å². The van der Waals surface area contributed by atoms with E-state index in [1.807, 2.05) is 0 Å². The van der Waals surface area contributed by atoms with Gasteiger partial charge in [-0.2, -0.15) is 0 Å². The van der Waals surface area contributed by atoms with Gasteiger partial charge in [0.05, 0.1) is 26.4 Å². The van der Waals surface area contributed by atoms with E-state index in [0.29, 0.717) is 17.1 Å². The third-order valence-electron chi connectivity index (χ3n) is 2.31. The second-order valence-electron chi connectivity index (χ2n) is 3.21. The topological polar surface area (TPSA) is 70.8 Å². The summed E-state index contributed by atoms with van der Waals surface area (Å²) in [5.41, 5.74) is 6.14. The number of ether oxygens (including phenoxy) is 3. The first-order valence-electron chi connectivity index (χ1n) is 4.80. The first-order chi connectivity index (χ1) is 8.06. The van der Waals surface area contributed by atoms with Crippen LogP contribution in [0.25, 0.3) is 0 Å². The van der Waals surface area contributed by atoms with E-state index in [4.69, 9.17) is 26.8 Å². The van der Waals surface area contributed by atoms with Gasteiger partial charge in [-0.1, -0.05) is 17.7 Å². The average molecular weight is 296 g/mol. The Balaban J connectivity index is 0.00000289. The molecule has 0 radical (unpaired) electrons. The Labute approximate surface area is 117 Å². The molecule has 1 aromatic rings. The highest BCUT2D eigenvalue weighted by Crippen LogP contribution is 2.39. The highest BCUT2D eigenvalue weighted by Gasteiger charge is 2.23. The van der Waals surface area contributed by atoms with Crippen LogP contribution >= 0.6 is 24.0 Å². The van der Waals surface area contributed by atoms with Crippen LogP contribution in [0.5, 0.6) is 11.5 Å². The minimum absolute atomic E-state index is 0. The molecule has 0 saturated carbocycles. The van der Waals surface area contributed by atoms with Gasteiger partial charge in [-0.05, 0) is 6.07 Å². The minimum Gasteiger partial charge on any atom is -0.493 e. The van der Waals surface area contributed by atoms with Crippen LogP contribution < -0.4 is 15.2 Å². The maximum atomic E-state index is 11.3. The summed E-state index contributed by atoms with van der Waals surface area (Å²) in [5, 5.41) is 0.241. The molecule has 18 heavy (non-hydrogen) atoms. The van der Waals surface area contributed by atoms with Crippen LogP contribution in [0, 0.1) is 0 Å². The SMILES string of the molecule is COC(=O)C(N)c1ccc(OC)c(OC)c1Cl.Cl. The third kappa shape index (κ3) is 3.19. The van der Waals surface area contributed by atoms with E-state index in [2.05, 4.69) is 4.74 Å². The fourth-order valence-corrected chi connectivity index (χ4v) is 1.75. The van der Waals surface area contributed by atoms with Crippen molar-refractivity contribution in [2.75, 3.05) is 21.3 Å². The van der Waals surface area contributed by atoms with Crippen LogP contribution in [0.4, 0.5) is 0 Å². The zero-order valence-corrected chi connectivity index (χ0v) is 11.8. The van der Waals surface area contributed by atoms with Crippen molar-refractivity contribution in [3.63, 3.8) is 0 Å². The second-order valence-corrected chi connectivity index (χ2v) is 3.58. The van der Waals surface area contributed by atoms with Gasteiger partial charge in [-0.25, -0.2) is 0 Å². The van der Waals surface area contributed by atoms with Crippen LogP contribution in [0.1, 0.15) is 11.6 Å². The molecule has 0 aliphatic carbocycles. The molecule has 0 heterocycles. The molecule has 7 heteroatoms. The number of halogens is 2. The summed E-state index contributed by atoms with van der Waals surface area (Å²) < 4.78 is 14.7. The summed E-state index contributed by atoms with van der Waals surface area (Å²) in [6.45, 7) is 0. The molecule has 0 bridgehead atoms. The monoisotopic (exact) mass is 295 g/mol. The Bertz CT molecular complexity index is 426. The first-order valence-corrected chi connectivity index (χ1v) is 5.18. The lowest BCUT2D eigenvalue weighted by molar-refractivity contribution is -0.142. The van der Waals surface area contributed by atoms with Gasteiger partial charge in [-0.15, -0.1) is 12.4 Å². The molecule has 0 aromatic heterocycles. The summed E-state index contributed by atoms with van der Waals surface area (Å²) in [4.78, 5) is 11.3. The molecule has 102 valence electrons. The maximum absolute atomic E-state index is 11.3. The Hall–Kier alpha value is -1.17. The summed E-state index contributed by atoms with van der Waals surface area (Å²) in [6.07, 6.45) is 0. The smallest absolute Gasteiger partial charge is 0.327 e. The van der Waals surface area contributed by atoms with E-state index in [-0.39, 0.29) is 17.4 Å². The van der Waals surface area contributed by atoms with Crippen LogP contribution in [-0.2, 0) is 9.53 Å². The number of esters is 1. The third-order valence-corrected chi connectivity index (χ3v) is 2.69. The van der Waals surface area contributed by atoms with Crippen molar-refractivity contribution in [1.29, 1.82) is 0 Å². The number of carbonyl (C=O) groups is 1. The zero-order valence-electron chi connectivity index (χ0n) is 10.2. The van der Waals surface area contributed by atoms with Crippen molar-refractivity contribution < 1.29 is 19.0 Å². The van der Waals surface area contributed by atoms with Gasteiger partial charge in [-0.3, -0.25) is 4.79 Å². The molecule has 2 N–H and O–H groups in total. The van der Waals surface area contributed by atoms with Crippen molar-refractivity contribution >= 4 is 30.0 Å². The number of rotatable bonds is 4. The molecule has 1 rings (SSSR count). The van der Waals surface area contributed by atoms with Gasteiger partial charge < -0.3 is 19.9 Å². The van der Waals surface area contributed by atoms with Gasteiger partial charge in [0.1, 0.15) is 6.04 Å². The average Bonchev–Trinajstić information content (AvgIpc) is 2.36. The van der Waals surface area contributed by atoms with E-state index in [1.54, 1.807) is 12.1 Å². The first kappa shape index (κ1) is 16.8. The Morgan fingerprint density at radius 1 is 1.28 bits per heavy atom. The predicted octanol–water partition coefficient (Wildman–Crippen LogP) is 1.95. The van der Waals surface area contributed by atoms with Gasteiger partial charge in [0.2, 0.25) is 0 Å². The highest BCUT2D eigenvalue weighted by atomic mass is 35.5. The van der Waals surface area contributed by atoms with E-state index in [9.17, 15) is 4.79 Å². The molecule has 1 unspecified atom stereocenters. The fourth-order valence-electron chi connectivity index (χ4n) is 1.40. The molecule has 5 nitrogen and oxygen atoms in total. The number of carbonyl (C=O) groups excluding carboxylic acids is 1. The Kier molecular flexibility index (Phi) is 6.83. The standard InChI is InChI=1S/C11H14ClNO4.ClH/c1-15-7-5-4-6(8(12)10(7)16-2)9(13)11(14)17-3;/h4-5,9H,13H2,1-3H3;1H. The van der Waals surface area contributed by atoms with E-state index >= 15 is 0 Å². The summed E-state index contributed by atoms with van der Waals surface area (Å²) in [6, 6.07) is 2.28. The van der Waals surface area contributed by atoms with E-state index in [0.717, 1.165) is 0 Å². The molecule has 0 amide bonds. The lowest BCUT2D eigenvalue weighted by atomic mass is 10.1. The molecule has 0 fully saturated rings. The quantitative estimate of drug-likeness (QED) is 0.860. The van der Waals surface area contributed by atoms with Gasteiger partial charge in [0, 0.05) is 5.56 Å². The van der Waals surface area contributed by atoms with Gasteiger partial charge in [0.15, 0.2) is 11.5 Å². The molecule has 1 aromatic carbocycles. The summed E-state index contributed by atoms with van der Waals surface area (Å²) in [5.74, 6) is 0.239. The van der Waals surface area contributed by atoms with Crippen LogP contribution in [0.3, 0.4) is 0 Å². The maximum Gasteiger partial charge on any atom is 0.327 e. The number of benzene rings is 1. The van der Waals surface area contributed by atoms with Crippen molar-refractivity contribution in [3.8, 4) is 11.5 Å². The summed E-state index contributed by atoms with van der Waals surface area (Å²) >= 11 is 6.10. The molecular formula is C11H15Cl2NO4. The molecular weight excluding hydrogens is 281 g/mol. The molecule has 1 atom stereocenters. The van der Waals surface area contributed by atoms with E-state index in [1.165, 1.54) is 21.3 Å². The fraction of sp³-hybridized carbons (Fsp3) is 0.364. The van der Waals surface area contributed by atoms with Crippen molar-refractivity contribution in [3.05, 3.63) is 22.7 Å². The molecule has 0 spiro atoms. The number of hydrogen-bond donors (Lipinski definition) is 1. The number of hydrogen-bond acceptors (Lipinski definition) is 5. The lowest BCUT2D eigenvalue weighted by Gasteiger charge is -2.15. The zero-order chi connectivity index (χ0) is 13.0. The molecule has 0 aliphatic heterocycles. The Morgan fingerprint density at radius 3 is 2.33 bits per heavy atom. The molecule has 0 aliphatic rings. The second kappa shape index (κ2) is 7.31. The molecule has 0 saturated heterocycles. The number of methoxy groups -OCH3 is 3. The van der Waals surface area contributed by atoms with E-state index < -0.39 is 12.0 Å². The largest absolute Gasteiger partial charge is 0.493 e. The van der Waals surface area contributed by atoms with Crippen LogP contribution in [0.2, 0.25) is 5.02 Å². The lowest BCUT2D eigenvalue weighted by Crippen LogP contribution is -2.23. The van der Waals surface area contributed by atoms with Crippen LogP contribution in [-0.4, -0.2) is 27.3 Å². The van der Waals surface area contributed by atoms with Gasteiger partial charge in [0.25, 0.3) is 0 Å². The minimum atomic E-state index is -0.952. The normalized spacial score (nSPS) is 11.2. The van der Waals surface area contributed by atoms with Crippen molar-refractivity contribution in [2.24, 2.45) is 5.73 Å². The predicted molar refractivity (Wildman–Crippen MR) is 70.7 cm³/mol. The number of nitrogens with two attached hydrogens (primary N) is 1.